The Bertz CT molecular complexity index is 537. The second-order valence-corrected chi connectivity index (χ2v) is 5.35. The largest absolute Gasteiger partial charge is 0.324 e. The molecule has 0 fully saturated rings. The lowest BCUT2D eigenvalue weighted by atomic mass is 9.96. The van der Waals surface area contributed by atoms with Crippen LogP contribution >= 0.6 is 15.9 Å². The van der Waals surface area contributed by atoms with E-state index in [1.54, 1.807) is 6.07 Å². The minimum absolute atomic E-state index is 0.105. The standard InChI is InChI=1S/C15H15BrFN/c1-10-8-13(17)6-7-14(10)15(18)9-11-2-4-12(16)5-3-11/h2-8,15H,9,18H2,1H3. The van der Waals surface area contributed by atoms with Gasteiger partial charge in [-0.1, -0.05) is 34.1 Å². The summed E-state index contributed by atoms with van der Waals surface area (Å²) < 4.78 is 14.1. The molecule has 2 rings (SSSR count). The Morgan fingerprint density at radius 3 is 2.44 bits per heavy atom. The van der Waals surface area contributed by atoms with Gasteiger partial charge in [0.2, 0.25) is 0 Å². The Hall–Kier alpha value is -1.19. The Morgan fingerprint density at radius 1 is 1.17 bits per heavy atom. The molecule has 0 saturated carbocycles. The van der Waals surface area contributed by atoms with E-state index in [4.69, 9.17) is 5.73 Å². The first-order chi connectivity index (χ1) is 8.56. The van der Waals surface area contributed by atoms with Gasteiger partial charge in [-0.05, 0) is 54.3 Å². The summed E-state index contributed by atoms with van der Waals surface area (Å²) in [6.45, 7) is 1.89. The first kappa shape index (κ1) is 13.2. The lowest BCUT2D eigenvalue weighted by molar-refractivity contribution is 0.622. The first-order valence-corrected chi connectivity index (χ1v) is 6.61. The molecule has 0 bridgehead atoms. The summed E-state index contributed by atoms with van der Waals surface area (Å²) in [5.41, 5.74) is 9.26. The maximum atomic E-state index is 13.0. The van der Waals surface area contributed by atoms with E-state index in [9.17, 15) is 4.39 Å². The average Bonchev–Trinajstić information content (AvgIpc) is 2.32. The quantitative estimate of drug-likeness (QED) is 0.906. The smallest absolute Gasteiger partial charge is 0.123 e. The molecule has 0 aliphatic heterocycles. The van der Waals surface area contributed by atoms with Crippen LogP contribution in [0.25, 0.3) is 0 Å². The molecule has 0 aliphatic rings. The summed E-state index contributed by atoms with van der Waals surface area (Å²) in [4.78, 5) is 0. The molecule has 0 aromatic heterocycles. The van der Waals surface area contributed by atoms with Crippen molar-refractivity contribution >= 4 is 15.9 Å². The van der Waals surface area contributed by atoms with Crippen molar-refractivity contribution in [1.29, 1.82) is 0 Å². The molecule has 0 amide bonds. The molecular formula is C15H15BrFN. The molecule has 1 nitrogen and oxygen atoms in total. The molecule has 94 valence electrons. The van der Waals surface area contributed by atoms with Crippen molar-refractivity contribution < 1.29 is 4.39 Å². The molecule has 1 atom stereocenters. The lowest BCUT2D eigenvalue weighted by Gasteiger charge is -2.15. The van der Waals surface area contributed by atoms with Crippen LogP contribution in [0.3, 0.4) is 0 Å². The van der Waals surface area contributed by atoms with Gasteiger partial charge in [0, 0.05) is 10.5 Å². The van der Waals surface area contributed by atoms with E-state index in [0.717, 1.165) is 22.0 Å². The number of rotatable bonds is 3. The van der Waals surface area contributed by atoms with Crippen molar-refractivity contribution in [2.45, 2.75) is 19.4 Å². The molecule has 2 aromatic carbocycles. The highest BCUT2D eigenvalue weighted by Crippen LogP contribution is 2.21. The van der Waals surface area contributed by atoms with E-state index in [0.29, 0.717) is 0 Å². The van der Waals surface area contributed by atoms with Crippen molar-refractivity contribution in [2.24, 2.45) is 5.73 Å². The van der Waals surface area contributed by atoms with Gasteiger partial charge in [-0.2, -0.15) is 0 Å². The fourth-order valence-corrected chi connectivity index (χ4v) is 2.30. The molecule has 18 heavy (non-hydrogen) atoms. The molecule has 3 heteroatoms. The van der Waals surface area contributed by atoms with Crippen LogP contribution in [0.15, 0.2) is 46.9 Å². The molecule has 0 heterocycles. The summed E-state index contributed by atoms with van der Waals surface area (Å²) >= 11 is 3.40. The lowest BCUT2D eigenvalue weighted by Crippen LogP contribution is -2.14. The van der Waals surface area contributed by atoms with Gasteiger partial charge in [-0.15, -0.1) is 0 Å². The second-order valence-electron chi connectivity index (χ2n) is 4.44. The topological polar surface area (TPSA) is 26.0 Å². The van der Waals surface area contributed by atoms with Crippen LogP contribution in [-0.4, -0.2) is 0 Å². The summed E-state index contributed by atoms with van der Waals surface area (Å²) in [5.74, 6) is -0.216. The van der Waals surface area contributed by atoms with Gasteiger partial charge in [-0.3, -0.25) is 0 Å². The van der Waals surface area contributed by atoms with E-state index in [1.165, 1.54) is 17.7 Å². The fourth-order valence-electron chi connectivity index (χ4n) is 2.04. The number of hydrogen-bond donors (Lipinski definition) is 1. The van der Waals surface area contributed by atoms with E-state index >= 15 is 0 Å². The third-order valence-corrected chi connectivity index (χ3v) is 3.53. The van der Waals surface area contributed by atoms with Gasteiger partial charge in [0.1, 0.15) is 5.82 Å². The van der Waals surface area contributed by atoms with Gasteiger partial charge in [0.25, 0.3) is 0 Å². The maximum absolute atomic E-state index is 13.0. The highest BCUT2D eigenvalue weighted by molar-refractivity contribution is 9.10. The van der Waals surface area contributed by atoms with Gasteiger partial charge in [0.15, 0.2) is 0 Å². The number of hydrogen-bond acceptors (Lipinski definition) is 1. The third kappa shape index (κ3) is 3.18. The molecule has 0 spiro atoms. The van der Waals surface area contributed by atoms with Crippen molar-refractivity contribution in [3.63, 3.8) is 0 Å². The minimum Gasteiger partial charge on any atom is -0.324 e. The third-order valence-electron chi connectivity index (χ3n) is 3.00. The van der Waals surface area contributed by atoms with Crippen LogP contribution in [0.2, 0.25) is 0 Å². The monoisotopic (exact) mass is 307 g/mol. The summed E-state index contributed by atoms with van der Waals surface area (Å²) in [6, 6.07) is 12.7. The maximum Gasteiger partial charge on any atom is 0.123 e. The zero-order valence-corrected chi connectivity index (χ0v) is 11.7. The van der Waals surface area contributed by atoms with Crippen molar-refractivity contribution in [1.82, 2.24) is 0 Å². The number of halogens is 2. The molecule has 2 N–H and O–H groups in total. The Morgan fingerprint density at radius 2 is 1.83 bits per heavy atom. The van der Waals surface area contributed by atoms with E-state index in [1.807, 2.05) is 31.2 Å². The fraction of sp³-hybridized carbons (Fsp3) is 0.200. The predicted octanol–water partition coefficient (Wildman–Crippen LogP) is 4.14. The number of benzene rings is 2. The van der Waals surface area contributed by atoms with E-state index < -0.39 is 0 Å². The van der Waals surface area contributed by atoms with Gasteiger partial charge in [0.05, 0.1) is 0 Å². The highest BCUT2D eigenvalue weighted by atomic mass is 79.9. The zero-order valence-electron chi connectivity index (χ0n) is 10.2. The van der Waals surface area contributed by atoms with Gasteiger partial charge < -0.3 is 5.73 Å². The Balaban J connectivity index is 2.16. The van der Waals surface area contributed by atoms with Gasteiger partial charge >= 0.3 is 0 Å². The summed E-state index contributed by atoms with van der Waals surface area (Å²) in [5, 5.41) is 0. The molecule has 0 aliphatic carbocycles. The van der Waals surface area contributed by atoms with Crippen LogP contribution in [0.5, 0.6) is 0 Å². The van der Waals surface area contributed by atoms with E-state index in [-0.39, 0.29) is 11.9 Å². The van der Waals surface area contributed by atoms with Crippen molar-refractivity contribution in [3.05, 3.63) is 69.4 Å². The van der Waals surface area contributed by atoms with Crippen LogP contribution < -0.4 is 5.73 Å². The van der Waals surface area contributed by atoms with Gasteiger partial charge in [-0.25, -0.2) is 4.39 Å². The SMILES string of the molecule is Cc1cc(F)ccc1C(N)Cc1ccc(Br)cc1. The van der Waals surface area contributed by atoms with Crippen molar-refractivity contribution in [3.8, 4) is 0 Å². The molecule has 0 saturated heterocycles. The number of aryl methyl sites for hydroxylation is 1. The van der Waals surface area contributed by atoms with Crippen LogP contribution in [-0.2, 0) is 6.42 Å². The average molecular weight is 308 g/mol. The molecular weight excluding hydrogens is 293 g/mol. The number of nitrogens with two attached hydrogens (primary N) is 1. The first-order valence-electron chi connectivity index (χ1n) is 5.82. The molecule has 1 unspecified atom stereocenters. The van der Waals surface area contributed by atoms with Crippen LogP contribution in [0.4, 0.5) is 4.39 Å². The minimum atomic E-state index is -0.216. The second kappa shape index (κ2) is 5.63. The molecule has 0 radical (unpaired) electrons. The Labute approximate surface area is 115 Å². The highest BCUT2D eigenvalue weighted by Gasteiger charge is 2.10. The van der Waals surface area contributed by atoms with E-state index in [2.05, 4.69) is 15.9 Å². The molecule has 2 aromatic rings. The summed E-state index contributed by atoms with van der Waals surface area (Å²) in [6.07, 6.45) is 0.750. The zero-order chi connectivity index (χ0) is 13.1. The van der Waals surface area contributed by atoms with Crippen molar-refractivity contribution in [2.75, 3.05) is 0 Å². The van der Waals surface area contributed by atoms with Crippen LogP contribution in [0.1, 0.15) is 22.7 Å². The van der Waals surface area contributed by atoms with Crippen LogP contribution in [0, 0.1) is 12.7 Å². The Kier molecular flexibility index (Phi) is 4.15. The predicted molar refractivity (Wildman–Crippen MR) is 75.9 cm³/mol. The normalized spacial score (nSPS) is 12.4. The summed E-state index contributed by atoms with van der Waals surface area (Å²) in [7, 11) is 0.